The number of nitrogens with two attached hydrogens (primary N) is 1. The fourth-order valence-electron chi connectivity index (χ4n) is 4.20. The largest absolute Gasteiger partial charge is 0.454 e. The van der Waals surface area contributed by atoms with E-state index in [1.54, 1.807) is 0 Å². The molecule has 1 fully saturated rings. The summed E-state index contributed by atoms with van der Waals surface area (Å²) >= 11 is 0. The zero-order valence-corrected chi connectivity index (χ0v) is 16.7. The Morgan fingerprint density at radius 2 is 1.97 bits per heavy atom. The van der Waals surface area contributed by atoms with E-state index in [2.05, 4.69) is 11.1 Å². The molecule has 30 heavy (non-hydrogen) atoms. The van der Waals surface area contributed by atoms with Crippen molar-refractivity contribution in [3.05, 3.63) is 60.3 Å². The van der Waals surface area contributed by atoms with Crippen molar-refractivity contribution in [1.29, 1.82) is 0 Å². The van der Waals surface area contributed by atoms with Crippen molar-refractivity contribution in [3.63, 3.8) is 0 Å². The molecule has 2 N–H and O–H groups in total. The maximum Gasteiger partial charge on any atom is 0.231 e. The van der Waals surface area contributed by atoms with E-state index in [1.165, 1.54) is 0 Å². The molecule has 7 heteroatoms. The van der Waals surface area contributed by atoms with E-state index in [0.717, 1.165) is 53.4 Å². The average molecular weight is 404 g/mol. The molecule has 0 aliphatic carbocycles. The number of likely N-dealkylation sites (tertiary alicyclic amines) is 1. The zero-order valence-electron chi connectivity index (χ0n) is 16.7. The molecule has 0 radical (unpaired) electrons. The second-order valence-corrected chi connectivity index (χ2v) is 7.83. The first-order chi connectivity index (χ1) is 14.7. The molecule has 0 spiro atoms. The van der Waals surface area contributed by atoms with Crippen LogP contribution >= 0.6 is 0 Å². The number of primary amides is 1. The van der Waals surface area contributed by atoms with Crippen molar-refractivity contribution in [1.82, 2.24) is 14.7 Å². The molecule has 1 unspecified atom stereocenters. The van der Waals surface area contributed by atoms with Crippen LogP contribution in [-0.4, -0.2) is 40.5 Å². The van der Waals surface area contributed by atoms with Crippen molar-refractivity contribution in [3.8, 4) is 28.4 Å². The van der Waals surface area contributed by atoms with E-state index in [4.69, 9.17) is 20.3 Å². The SMILES string of the molecule is NC(=O)C1CCCN(Cc2cn(-c3ccccc3)nc2-c2ccc3c(c2)OCO3)C1. The van der Waals surface area contributed by atoms with E-state index >= 15 is 0 Å². The smallest absolute Gasteiger partial charge is 0.231 e. The van der Waals surface area contributed by atoms with Gasteiger partial charge in [0.05, 0.1) is 17.3 Å². The van der Waals surface area contributed by atoms with Crippen LogP contribution in [0.5, 0.6) is 11.5 Å². The van der Waals surface area contributed by atoms with Crippen molar-refractivity contribution in [2.24, 2.45) is 11.7 Å². The number of piperidine rings is 1. The van der Waals surface area contributed by atoms with Gasteiger partial charge in [-0.25, -0.2) is 4.68 Å². The number of ether oxygens (including phenoxy) is 2. The van der Waals surface area contributed by atoms with Crippen LogP contribution in [0, 0.1) is 5.92 Å². The van der Waals surface area contributed by atoms with Gasteiger partial charge in [0.2, 0.25) is 12.7 Å². The van der Waals surface area contributed by atoms with Crippen LogP contribution in [0.3, 0.4) is 0 Å². The summed E-state index contributed by atoms with van der Waals surface area (Å²) in [4.78, 5) is 14.0. The number of carbonyl (C=O) groups excluding carboxylic acids is 1. The summed E-state index contributed by atoms with van der Waals surface area (Å²) in [5.41, 5.74) is 9.55. The number of rotatable bonds is 5. The number of para-hydroxylation sites is 1. The highest BCUT2D eigenvalue weighted by atomic mass is 16.7. The van der Waals surface area contributed by atoms with Crippen LogP contribution in [0.4, 0.5) is 0 Å². The summed E-state index contributed by atoms with van der Waals surface area (Å²) < 4.78 is 12.9. The van der Waals surface area contributed by atoms with Gasteiger partial charge in [0.1, 0.15) is 0 Å². The number of fused-ring (bicyclic) bond motifs is 1. The quantitative estimate of drug-likeness (QED) is 0.707. The topological polar surface area (TPSA) is 82.6 Å². The fraction of sp³-hybridized carbons (Fsp3) is 0.304. The molecule has 0 bridgehead atoms. The van der Waals surface area contributed by atoms with Gasteiger partial charge in [-0.1, -0.05) is 18.2 Å². The van der Waals surface area contributed by atoms with E-state index < -0.39 is 0 Å². The molecule has 3 heterocycles. The van der Waals surface area contributed by atoms with Crippen LogP contribution in [0.2, 0.25) is 0 Å². The molecule has 0 saturated carbocycles. The number of hydrogen-bond donors (Lipinski definition) is 1. The molecule has 1 amide bonds. The van der Waals surface area contributed by atoms with Crippen LogP contribution in [0.25, 0.3) is 16.9 Å². The van der Waals surface area contributed by atoms with Gasteiger partial charge in [0.25, 0.3) is 0 Å². The number of amides is 1. The highest BCUT2D eigenvalue weighted by Crippen LogP contribution is 2.37. The van der Waals surface area contributed by atoms with Crippen molar-refractivity contribution in [2.45, 2.75) is 19.4 Å². The lowest BCUT2D eigenvalue weighted by atomic mass is 9.97. The Morgan fingerprint density at radius 3 is 2.80 bits per heavy atom. The highest BCUT2D eigenvalue weighted by Gasteiger charge is 2.26. The maximum absolute atomic E-state index is 11.7. The number of carbonyl (C=O) groups is 1. The summed E-state index contributed by atoms with van der Waals surface area (Å²) in [6, 6.07) is 16.0. The Morgan fingerprint density at radius 1 is 1.13 bits per heavy atom. The van der Waals surface area contributed by atoms with E-state index in [0.29, 0.717) is 13.1 Å². The molecule has 2 aliphatic heterocycles. The lowest BCUT2D eigenvalue weighted by Crippen LogP contribution is -2.40. The first-order valence-corrected chi connectivity index (χ1v) is 10.2. The minimum absolute atomic E-state index is 0.0862. The predicted octanol–water partition coefficient (Wildman–Crippen LogP) is 2.97. The Bertz CT molecular complexity index is 1060. The minimum Gasteiger partial charge on any atom is -0.454 e. The van der Waals surface area contributed by atoms with Gasteiger partial charge in [-0.2, -0.15) is 5.10 Å². The van der Waals surface area contributed by atoms with Crippen LogP contribution < -0.4 is 15.2 Å². The Kier molecular flexibility index (Phi) is 4.88. The second-order valence-electron chi connectivity index (χ2n) is 7.83. The van der Waals surface area contributed by atoms with Gasteiger partial charge in [0.15, 0.2) is 11.5 Å². The Hall–Kier alpha value is -3.32. The zero-order chi connectivity index (χ0) is 20.5. The Balaban J connectivity index is 1.50. The van der Waals surface area contributed by atoms with Gasteiger partial charge >= 0.3 is 0 Å². The van der Waals surface area contributed by atoms with Gasteiger partial charge in [0, 0.05) is 30.4 Å². The van der Waals surface area contributed by atoms with Crippen LogP contribution in [0.1, 0.15) is 18.4 Å². The molecule has 2 aromatic carbocycles. The van der Waals surface area contributed by atoms with Crippen molar-refractivity contribution < 1.29 is 14.3 Å². The third-order valence-corrected chi connectivity index (χ3v) is 5.76. The summed E-state index contributed by atoms with van der Waals surface area (Å²) in [5.74, 6) is 1.19. The first kappa shape index (κ1) is 18.7. The molecular formula is C23H24N4O3. The molecule has 1 saturated heterocycles. The molecule has 5 rings (SSSR count). The first-order valence-electron chi connectivity index (χ1n) is 10.2. The summed E-state index contributed by atoms with van der Waals surface area (Å²) in [7, 11) is 0. The standard InChI is InChI=1S/C23H24N4O3/c24-23(28)17-5-4-10-26(12-17)13-18-14-27(19-6-2-1-3-7-19)25-22(18)16-8-9-20-21(11-16)30-15-29-20/h1-3,6-9,11,14,17H,4-5,10,12-13,15H2,(H2,24,28). The lowest BCUT2D eigenvalue weighted by molar-refractivity contribution is -0.123. The number of aromatic nitrogens is 2. The fourth-order valence-corrected chi connectivity index (χ4v) is 4.20. The Labute approximate surface area is 175 Å². The maximum atomic E-state index is 11.7. The van der Waals surface area contributed by atoms with Gasteiger partial charge in [-0.3, -0.25) is 9.69 Å². The number of nitrogens with zero attached hydrogens (tertiary/aromatic N) is 3. The summed E-state index contributed by atoms with van der Waals surface area (Å²) in [6.07, 6.45) is 3.91. The number of hydrogen-bond acceptors (Lipinski definition) is 5. The molecule has 154 valence electrons. The molecule has 2 aliphatic rings. The molecule has 1 atom stereocenters. The van der Waals surface area contributed by atoms with Gasteiger partial charge in [-0.15, -0.1) is 0 Å². The highest BCUT2D eigenvalue weighted by molar-refractivity contribution is 5.77. The minimum atomic E-state index is -0.212. The molecule has 3 aromatic rings. The van der Waals surface area contributed by atoms with Gasteiger partial charge in [-0.05, 0) is 49.7 Å². The third-order valence-electron chi connectivity index (χ3n) is 5.76. The molecular weight excluding hydrogens is 380 g/mol. The second kappa shape index (κ2) is 7.84. The van der Waals surface area contributed by atoms with E-state index in [-0.39, 0.29) is 18.6 Å². The van der Waals surface area contributed by atoms with Crippen molar-refractivity contribution in [2.75, 3.05) is 19.9 Å². The van der Waals surface area contributed by atoms with Crippen LogP contribution in [-0.2, 0) is 11.3 Å². The number of benzene rings is 2. The van der Waals surface area contributed by atoms with Crippen molar-refractivity contribution >= 4 is 5.91 Å². The summed E-state index contributed by atoms with van der Waals surface area (Å²) in [5, 5.41) is 4.90. The van der Waals surface area contributed by atoms with Gasteiger partial charge < -0.3 is 15.2 Å². The van der Waals surface area contributed by atoms with E-state index in [9.17, 15) is 4.79 Å². The average Bonchev–Trinajstić information content (AvgIpc) is 3.41. The van der Waals surface area contributed by atoms with E-state index in [1.807, 2.05) is 53.2 Å². The monoisotopic (exact) mass is 404 g/mol. The van der Waals surface area contributed by atoms with Crippen LogP contribution in [0.15, 0.2) is 54.7 Å². The summed E-state index contributed by atoms with van der Waals surface area (Å²) in [6.45, 7) is 2.58. The third kappa shape index (κ3) is 3.64. The molecule has 7 nitrogen and oxygen atoms in total. The predicted molar refractivity (Wildman–Crippen MR) is 112 cm³/mol. The lowest BCUT2D eigenvalue weighted by Gasteiger charge is -2.31. The molecule has 1 aromatic heterocycles. The normalized spacial score (nSPS) is 18.5.